The Morgan fingerprint density at radius 2 is 1.66 bits per heavy atom. The average molecular weight is 742 g/mol. The molecule has 5 heterocycles. The zero-order valence-corrected chi connectivity index (χ0v) is 31.5. The summed E-state index contributed by atoms with van der Waals surface area (Å²) < 4.78 is 2.22. The van der Waals surface area contributed by atoms with E-state index in [0.717, 1.165) is 36.0 Å². The minimum atomic E-state index is -0.648. The van der Waals surface area contributed by atoms with Crippen LogP contribution in [0.5, 0.6) is 0 Å². The number of piperidine rings is 2. The molecule has 1 aromatic carbocycles. The second-order valence-electron chi connectivity index (χ2n) is 15.9. The number of hydrogen-bond donors (Lipinski definition) is 1. The minimum Gasteiger partial charge on any atom is -0.325 e. The summed E-state index contributed by atoms with van der Waals surface area (Å²) in [6.45, 7) is 15.1. The Morgan fingerprint density at radius 1 is 0.960 bits per heavy atom. The summed E-state index contributed by atoms with van der Waals surface area (Å²) in [5, 5.41) is 8.41. The highest BCUT2D eigenvalue weighted by molar-refractivity contribution is 9.10. The number of fused-ring (bicyclic) bond motifs is 2. The van der Waals surface area contributed by atoms with E-state index in [1.807, 2.05) is 37.3 Å². The number of aryl methyl sites for hydroxylation is 1. The molecule has 11 nitrogen and oxygen atoms in total. The lowest BCUT2D eigenvalue weighted by molar-refractivity contribution is -0.138. The number of Topliss-reactive ketones (excluding diaryl/α,β-unsaturated/α-hetero) is 1. The smallest absolute Gasteiger partial charge is 0.248 e. The molecule has 0 unspecified atom stereocenters. The van der Waals surface area contributed by atoms with Crippen LogP contribution >= 0.6 is 15.9 Å². The molecule has 3 aliphatic rings. The fourth-order valence-corrected chi connectivity index (χ4v) is 8.70. The lowest BCUT2D eigenvalue weighted by Gasteiger charge is -2.53. The summed E-state index contributed by atoms with van der Waals surface area (Å²) in [5.74, 6) is 0.547. The maximum atomic E-state index is 14.2. The lowest BCUT2D eigenvalue weighted by Crippen LogP contribution is -2.57. The molecule has 0 radical (unpaired) electrons. The molecule has 12 heteroatoms. The molecular formula is C38H45BrN8O3. The Kier molecular flexibility index (Phi) is 8.49. The first-order valence-electron chi connectivity index (χ1n) is 17.4. The van der Waals surface area contributed by atoms with Crippen molar-refractivity contribution < 1.29 is 14.4 Å². The summed E-state index contributed by atoms with van der Waals surface area (Å²) in [5.41, 5.74) is 3.45. The second kappa shape index (κ2) is 12.3. The minimum absolute atomic E-state index is 0.00375. The average Bonchev–Trinajstić information content (AvgIpc) is 3.41. The van der Waals surface area contributed by atoms with Crippen molar-refractivity contribution >= 4 is 50.2 Å². The van der Waals surface area contributed by atoms with Crippen molar-refractivity contribution in [2.45, 2.75) is 117 Å². The molecule has 4 aromatic rings. The van der Waals surface area contributed by atoms with Gasteiger partial charge in [-0.15, -0.1) is 0 Å². The standard InChI is InChI=1S/C38H45BrN8O3/c1-22(48)33-27-15-24(26-18-40-23(2)41-19-26)9-11-28(27)45(44-33)21-32(49)47-29(16-38(7)17-30(38)47)35(50)43-34-25(10-12-31(39)42-34)20-46-36(3,4)13-8-14-37(46,5)6/h9-12,15,18-19,29-30H,8,13-14,16-17,20-21H2,1-7H3,(H,42,43,50)/t29-,30+,38-/m0/s1. The Balaban J connectivity index is 1.14. The highest BCUT2D eigenvalue weighted by atomic mass is 79.9. The van der Waals surface area contributed by atoms with E-state index >= 15 is 0 Å². The predicted molar refractivity (Wildman–Crippen MR) is 195 cm³/mol. The van der Waals surface area contributed by atoms with Crippen LogP contribution in [0.25, 0.3) is 22.0 Å². The molecular weight excluding hydrogens is 696 g/mol. The van der Waals surface area contributed by atoms with Crippen molar-refractivity contribution in [1.29, 1.82) is 0 Å². The van der Waals surface area contributed by atoms with Gasteiger partial charge in [-0.25, -0.2) is 15.0 Å². The number of carbonyl (C=O) groups excluding carboxylic acids is 3. The highest BCUT2D eigenvalue weighted by Crippen LogP contribution is 2.59. The number of anilines is 1. The van der Waals surface area contributed by atoms with Crippen LogP contribution in [0.15, 0.2) is 47.3 Å². The normalized spacial score (nSPS) is 23.9. The number of halogens is 1. The third-order valence-corrected chi connectivity index (χ3v) is 11.7. The lowest BCUT2D eigenvalue weighted by atomic mass is 9.79. The van der Waals surface area contributed by atoms with Gasteiger partial charge in [0.15, 0.2) is 5.78 Å². The van der Waals surface area contributed by atoms with Crippen LogP contribution in [0.3, 0.4) is 0 Å². The maximum Gasteiger partial charge on any atom is 0.248 e. The predicted octanol–water partition coefficient (Wildman–Crippen LogP) is 6.72. The Labute approximate surface area is 301 Å². The van der Waals surface area contributed by atoms with Gasteiger partial charge in [0.25, 0.3) is 0 Å². The first kappa shape index (κ1) is 34.4. The number of pyridine rings is 1. The molecule has 3 aromatic heterocycles. The van der Waals surface area contributed by atoms with Crippen LogP contribution in [0.1, 0.15) is 95.5 Å². The summed E-state index contributed by atoms with van der Waals surface area (Å²) >= 11 is 3.51. The number of aromatic nitrogens is 5. The first-order chi connectivity index (χ1) is 23.6. The Morgan fingerprint density at radius 3 is 2.34 bits per heavy atom. The van der Waals surface area contributed by atoms with Crippen molar-refractivity contribution in [3.63, 3.8) is 0 Å². The molecule has 1 N–H and O–H groups in total. The fourth-order valence-electron chi connectivity index (χ4n) is 8.39. The number of rotatable bonds is 8. The van der Waals surface area contributed by atoms with Gasteiger partial charge in [0.1, 0.15) is 34.5 Å². The number of nitrogens with one attached hydrogen (secondary N) is 1. The van der Waals surface area contributed by atoms with Gasteiger partial charge >= 0.3 is 0 Å². The van der Waals surface area contributed by atoms with Crippen LogP contribution in [0.4, 0.5) is 5.82 Å². The highest BCUT2D eigenvalue weighted by Gasteiger charge is 2.64. The molecule has 1 saturated carbocycles. The zero-order chi connectivity index (χ0) is 35.7. The molecule has 1 aliphatic carbocycles. The van der Waals surface area contributed by atoms with Crippen molar-refractivity contribution in [3.05, 3.63) is 64.4 Å². The zero-order valence-electron chi connectivity index (χ0n) is 29.9. The molecule has 7 rings (SSSR count). The quantitative estimate of drug-likeness (QED) is 0.156. The van der Waals surface area contributed by atoms with Gasteiger partial charge in [-0.05, 0) is 112 Å². The maximum absolute atomic E-state index is 14.2. The topological polar surface area (TPSA) is 126 Å². The van der Waals surface area contributed by atoms with Crippen molar-refractivity contribution in [3.8, 4) is 11.1 Å². The molecule has 3 atom stereocenters. The van der Waals surface area contributed by atoms with Gasteiger partial charge in [-0.2, -0.15) is 5.10 Å². The van der Waals surface area contributed by atoms with E-state index < -0.39 is 6.04 Å². The molecule has 0 spiro atoms. The van der Waals surface area contributed by atoms with Gasteiger partial charge in [-0.1, -0.05) is 19.1 Å². The number of likely N-dealkylation sites (tertiary alicyclic amines) is 2. The Bertz CT molecular complexity index is 2010. The number of carbonyl (C=O) groups is 3. The van der Waals surface area contributed by atoms with E-state index in [-0.39, 0.29) is 46.7 Å². The molecule has 2 saturated heterocycles. The van der Waals surface area contributed by atoms with Gasteiger partial charge in [0.05, 0.1) is 5.52 Å². The van der Waals surface area contributed by atoms with E-state index in [1.54, 1.807) is 22.0 Å². The molecule has 50 heavy (non-hydrogen) atoms. The van der Waals surface area contributed by atoms with Crippen LogP contribution < -0.4 is 5.32 Å². The van der Waals surface area contributed by atoms with Gasteiger partial charge in [0.2, 0.25) is 11.8 Å². The van der Waals surface area contributed by atoms with E-state index in [1.165, 1.54) is 13.3 Å². The summed E-state index contributed by atoms with van der Waals surface area (Å²) in [7, 11) is 0. The number of hydrogen-bond acceptors (Lipinski definition) is 8. The molecule has 0 bridgehead atoms. The third kappa shape index (κ3) is 6.25. The number of amides is 2. The first-order valence-corrected chi connectivity index (χ1v) is 18.2. The van der Waals surface area contributed by atoms with Crippen molar-refractivity contribution in [2.75, 3.05) is 5.32 Å². The summed E-state index contributed by atoms with van der Waals surface area (Å²) in [6, 6.07) is 8.95. The van der Waals surface area contributed by atoms with E-state index in [4.69, 9.17) is 4.98 Å². The van der Waals surface area contributed by atoms with E-state index in [2.05, 4.69) is 75.8 Å². The summed E-state index contributed by atoms with van der Waals surface area (Å²) in [4.78, 5) is 58.6. The van der Waals surface area contributed by atoms with E-state index in [9.17, 15) is 14.4 Å². The van der Waals surface area contributed by atoms with Crippen LogP contribution in [0, 0.1) is 12.3 Å². The summed E-state index contributed by atoms with van der Waals surface area (Å²) in [6.07, 6.45) is 8.30. The molecule has 262 valence electrons. The third-order valence-electron chi connectivity index (χ3n) is 11.3. The van der Waals surface area contributed by atoms with Gasteiger partial charge in [-0.3, -0.25) is 24.0 Å². The SMILES string of the molecule is CC(=O)c1nn(CC(=O)N2[C@H](C(=O)Nc3nc(Br)ccc3CN3C(C)(C)CCCC3(C)C)C[C@@]3(C)C[C@@H]23)c2ccc(-c3cnc(C)nc3)cc12. The number of ketones is 1. The Hall–Kier alpha value is -4.03. The van der Waals surface area contributed by atoms with Crippen LogP contribution in [0.2, 0.25) is 0 Å². The second-order valence-corrected chi connectivity index (χ2v) is 16.7. The van der Waals surface area contributed by atoms with E-state index in [0.29, 0.717) is 45.8 Å². The largest absolute Gasteiger partial charge is 0.325 e. The number of nitrogens with zero attached hydrogens (tertiary/aromatic N) is 7. The van der Waals surface area contributed by atoms with Crippen LogP contribution in [-0.2, 0) is 22.7 Å². The van der Waals surface area contributed by atoms with Gasteiger partial charge in [0, 0.05) is 59.5 Å². The van der Waals surface area contributed by atoms with Crippen molar-refractivity contribution in [2.24, 2.45) is 5.41 Å². The monoisotopic (exact) mass is 740 g/mol. The van der Waals surface area contributed by atoms with Crippen molar-refractivity contribution in [1.82, 2.24) is 34.5 Å². The molecule has 3 fully saturated rings. The fraction of sp³-hybridized carbons (Fsp3) is 0.500. The number of benzene rings is 1. The van der Waals surface area contributed by atoms with Crippen LogP contribution in [-0.4, -0.2) is 75.3 Å². The van der Waals surface area contributed by atoms with Gasteiger partial charge < -0.3 is 10.2 Å². The molecule has 2 aliphatic heterocycles. The molecule has 2 amide bonds.